The maximum Gasteiger partial charge on any atom is 0.278 e. The lowest BCUT2D eigenvalue weighted by molar-refractivity contribution is -0.932. The van der Waals surface area contributed by atoms with Crippen molar-refractivity contribution in [3.05, 3.63) is 23.8 Å². The topological polar surface area (TPSA) is 52.0 Å². The Kier molecular flexibility index (Phi) is 5.29. The summed E-state index contributed by atoms with van der Waals surface area (Å²) in [7, 11) is 0. The Morgan fingerprint density at radius 1 is 1.17 bits per heavy atom. The quantitative estimate of drug-likeness (QED) is 0.878. The first-order valence-corrected chi connectivity index (χ1v) is 9.11. The van der Waals surface area contributed by atoms with Crippen LogP contribution in [0.1, 0.15) is 51.6 Å². The summed E-state index contributed by atoms with van der Waals surface area (Å²) < 4.78 is 11.6. The van der Waals surface area contributed by atoms with Crippen molar-refractivity contribution in [1.82, 2.24) is 5.32 Å². The molecule has 0 spiro atoms. The predicted octanol–water partition coefficient (Wildman–Crippen LogP) is 1.48. The first-order valence-electron chi connectivity index (χ1n) is 9.11. The number of quaternary nitrogens is 1. The van der Waals surface area contributed by atoms with Gasteiger partial charge in [0, 0.05) is 30.9 Å². The van der Waals surface area contributed by atoms with Crippen molar-refractivity contribution >= 4 is 5.91 Å². The normalized spacial score (nSPS) is 24.5. The Labute approximate surface area is 144 Å². The molecular formula is C19H29N2O3+. The van der Waals surface area contributed by atoms with E-state index < -0.39 is 0 Å². The van der Waals surface area contributed by atoms with Crippen molar-refractivity contribution < 1.29 is 19.2 Å². The Balaban J connectivity index is 1.78. The van der Waals surface area contributed by atoms with E-state index in [-0.39, 0.29) is 18.0 Å². The fourth-order valence-corrected chi connectivity index (χ4v) is 3.74. The van der Waals surface area contributed by atoms with Crippen molar-refractivity contribution in [2.45, 2.75) is 58.2 Å². The van der Waals surface area contributed by atoms with Crippen LogP contribution in [-0.2, 0) is 4.79 Å². The molecule has 132 valence electrons. The number of likely N-dealkylation sites (tertiary alicyclic amines) is 1. The Morgan fingerprint density at radius 3 is 2.67 bits per heavy atom. The van der Waals surface area contributed by atoms with Gasteiger partial charge in [-0.2, -0.15) is 0 Å². The minimum Gasteiger partial charge on any atom is -0.490 e. The number of hydrogen-bond donors (Lipinski definition) is 2. The summed E-state index contributed by atoms with van der Waals surface area (Å²) >= 11 is 0. The fourth-order valence-electron chi connectivity index (χ4n) is 3.74. The molecule has 1 saturated heterocycles. The van der Waals surface area contributed by atoms with Crippen LogP contribution in [0.4, 0.5) is 0 Å². The van der Waals surface area contributed by atoms with Gasteiger partial charge in [0.15, 0.2) is 17.5 Å². The van der Waals surface area contributed by atoms with Crippen LogP contribution < -0.4 is 19.7 Å². The van der Waals surface area contributed by atoms with Gasteiger partial charge in [-0.05, 0) is 39.0 Å². The minimum absolute atomic E-state index is 0.0455. The number of benzene rings is 1. The van der Waals surface area contributed by atoms with Gasteiger partial charge in [-0.25, -0.2) is 0 Å². The van der Waals surface area contributed by atoms with Gasteiger partial charge in [-0.3, -0.25) is 4.79 Å². The van der Waals surface area contributed by atoms with Crippen molar-refractivity contribution in [2.75, 3.05) is 19.8 Å². The monoisotopic (exact) mass is 333 g/mol. The second-order valence-electron chi connectivity index (χ2n) is 7.16. The highest BCUT2D eigenvalue weighted by Crippen LogP contribution is 2.33. The molecule has 0 aromatic heterocycles. The lowest BCUT2D eigenvalue weighted by atomic mass is 10.0. The highest BCUT2D eigenvalue weighted by atomic mass is 16.5. The third-order valence-electron chi connectivity index (χ3n) is 4.96. The Hall–Kier alpha value is -1.75. The molecule has 1 unspecified atom stereocenters. The number of nitrogens with one attached hydrogen (secondary N) is 2. The second-order valence-corrected chi connectivity index (χ2v) is 7.16. The molecule has 3 rings (SSSR count). The molecule has 2 aliphatic rings. The number of rotatable bonds is 4. The lowest BCUT2D eigenvalue weighted by Gasteiger charge is -2.28. The van der Waals surface area contributed by atoms with E-state index in [1.807, 2.05) is 26.8 Å². The SMILES string of the molecule is CC(C)NC(=O)[C@@H](C)[NH+]1CCC[C@@H]1c1ccc2c(c1)OCCCO2. The first-order chi connectivity index (χ1) is 11.6. The highest BCUT2D eigenvalue weighted by Gasteiger charge is 2.37. The third-order valence-corrected chi connectivity index (χ3v) is 4.96. The summed E-state index contributed by atoms with van der Waals surface area (Å²) in [5, 5.41) is 3.05. The Bertz CT molecular complexity index is 588. The van der Waals surface area contributed by atoms with Crippen molar-refractivity contribution in [3.8, 4) is 11.5 Å². The molecule has 0 aliphatic carbocycles. The molecule has 24 heavy (non-hydrogen) atoms. The van der Waals surface area contributed by atoms with E-state index in [9.17, 15) is 4.79 Å². The standard InChI is InChI=1S/C19H28N2O3/c1-13(2)20-19(22)14(3)21-9-4-6-16(21)15-7-8-17-18(12-15)24-11-5-10-23-17/h7-8,12-14,16H,4-6,9-11H2,1-3H3,(H,20,22)/p+1/t14-,16-/m1/s1. The van der Waals surface area contributed by atoms with E-state index >= 15 is 0 Å². The van der Waals surface area contributed by atoms with Crippen LogP contribution in [0.2, 0.25) is 0 Å². The van der Waals surface area contributed by atoms with Crippen LogP contribution in [0, 0.1) is 0 Å². The second kappa shape index (κ2) is 7.43. The highest BCUT2D eigenvalue weighted by molar-refractivity contribution is 5.80. The summed E-state index contributed by atoms with van der Waals surface area (Å²) in [6.07, 6.45) is 3.17. The van der Waals surface area contributed by atoms with E-state index in [0.29, 0.717) is 19.3 Å². The summed E-state index contributed by atoms with van der Waals surface area (Å²) in [6, 6.07) is 6.75. The number of carbonyl (C=O) groups is 1. The van der Waals surface area contributed by atoms with Crippen LogP contribution in [0.25, 0.3) is 0 Å². The third kappa shape index (κ3) is 3.66. The number of fused-ring (bicyclic) bond motifs is 1. The van der Waals surface area contributed by atoms with Gasteiger partial charge in [0.25, 0.3) is 5.91 Å². The molecule has 2 heterocycles. The number of carbonyl (C=O) groups excluding carboxylic acids is 1. The first kappa shape index (κ1) is 17.1. The maximum atomic E-state index is 12.4. The molecule has 1 aromatic rings. The largest absolute Gasteiger partial charge is 0.490 e. The van der Waals surface area contributed by atoms with Crippen LogP contribution in [0.15, 0.2) is 18.2 Å². The predicted molar refractivity (Wildman–Crippen MR) is 92.6 cm³/mol. The van der Waals surface area contributed by atoms with Gasteiger partial charge in [0.1, 0.15) is 6.04 Å². The lowest BCUT2D eigenvalue weighted by Crippen LogP contribution is -3.15. The van der Waals surface area contributed by atoms with Gasteiger partial charge in [0.2, 0.25) is 0 Å². The molecule has 1 fully saturated rings. The molecule has 5 nitrogen and oxygen atoms in total. The molecule has 1 aromatic carbocycles. The van der Waals surface area contributed by atoms with E-state index in [0.717, 1.165) is 37.3 Å². The summed E-state index contributed by atoms with van der Waals surface area (Å²) in [5.74, 6) is 1.82. The molecule has 0 saturated carbocycles. The zero-order valence-corrected chi connectivity index (χ0v) is 14.9. The van der Waals surface area contributed by atoms with E-state index in [4.69, 9.17) is 9.47 Å². The van der Waals surface area contributed by atoms with Crippen LogP contribution in [0.5, 0.6) is 11.5 Å². The van der Waals surface area contributed by atoms with Gasteiger partial charge in [-0.1, -0.05) is 0 Å². The number of ether oxygens (including phenoxy) is 2. The summed E-state index contributed by atoms with van der Waals surface area (Å²) in [6.45, 7) is 8.49. The fraction of sp³-hybridized carbons (Fsp3) is 0.632. The maximum absolute atomic E-state index is 12.4. The van der Waals surface area contributed by atoms with Gasteiger partial charge < -0.3 is 19.7 Å². The molecule has 0 bridgehead atoms. The van der Waals surface area contributed by atoms with Crippen LogP contribution in [-0.4, -0.2) is 37.7 Å². The molecule has 2 aliphatic heterocycles. The summed E-state index contributed by atoms with van der Waals surface area (Å²) in [5.41, 5.74) is 1.25. The molecule has 0 radical (unpaired) electrons. The van der Waals surface area contributed by atoms with E-state index in [1.165, 1.54) is 10.5 Å². The zero-order chi connectivity index (χ0) is 17.1. The zero-order valence-electron chi connectivity index (χ0n) is 14.9. The molecule has 1 amide bonds. The molecule has 5 heteroatoms. The van der Waals surface area contributed by atoms with E-state index in [1.54, 1.807) is 0 Å². The van der Waals surface area contributed by atoms with Crippen molar-refractivity contribution in [2.24, 2.45) is 0 Å². The van der Waals surface area contributed by atoms with Crippen LogP contribution in [0.3, 0.4) is 0 Å². The van der Waals surface area contributed by atoms with Crippen molar-refractivity contribution in [1.29, 1.82) is 0 Å². The van der Waals surface area contributed by atoms with Crippen molar-refractivity contribution in [3.63, 3.8) is 0 Å². The average molecular weight is 333 g/mol. The number of hydrogen-bond acceptors (Lipinski definition) is 3. The van der Waals surface area contributed by atoms with Gasteiger partial charge in [-0.15, -0.1) is 0 Å². The molecular weight excluding hydrogens is 304 g/mol. The molecule has 3 atom stereocenters. The van der Waals surface area contributed by atoms with Gasteiger partial charge in [0.05, 0.1) is 19.8 Å². The molecule has 2 N–H and O–H groups in total. The van der Waals surface area contributed by atoms with E-state index in [2.05, 4.69) is 17.4 Å². The van der Waals surface area contributed by atoms with Gasteiger partial charge >= 0.3 is 0 Å². The average Bonchev–Trinajstić information content (AvgIpc) is 2.92. The Morgan fingerprint density at radius 2 is 1.92 bits per heavy atom. The minimum atomic E-state index is -0.0455. The van der Waals surface area contributed by atoms with Crippen LogP contribution >= 0.6 is 0 Å². The smallest absolute Gasteiger partial charge is 0.278 e. The number of amides is 1. The summed E-state index contributed by atoms with van der Waals surface area (Å²) in [4.78, 5) is 13.8.